The van der Waals surface area contributed by atoms with Crippen LogP contribution in [0.25, 0.3) is 11.1 Å². The Morgan fingerprint density at radius 3 is 2.53 bits per heavy atom. The Hall–Kier alpha value is -4.21. The molecular formula is C24H24FN3O6. The number of halogens is 1. The number of methoxy groups -OCH3 is 1. The maximum Gasteiger partial charge on any atom is 0.322 e. The Morgan fingerprint density at radius 1 is 1.21 bits per heavy atom. The normalized spacial score (nSPS) is 10.9. The fraction of sp³-hybridized carbons (Fsp3) is 0.250. The summed E-state index contributed by atoms with van der Waals surface area (Å²) in [5.74, 6) is -3.42. The molecule has 178 valence electrons. The van der Waals surface area contributed by atoms with Crippen LogP contribution in [0.1, 0.15) is 41.4 Å². The van der Waals surface area contributed by atoms with Crippen molar-refractivity contribution in [3.05, 3.63) is 75.5 Å². The third-order valence-electron chi connectivity index (χ3n) is 5.12. The Kier molecular flexibility index (Phi) is 7.30. The molecule has 0 radical (unpaired) electrons. The van der Waals surface area contributed by atoms with Gasteiger partial charge in [0.15, 0.2) is 5.75 Å². The molecule has 0 saturated carbocycles. The number of para-hydroxylation sites is 1. The molecule has 0 saturated heterocycles. The first-order valence-corrected chi connectivity index (χ1v) is 10.4. The summed E-state index contributed by atoms with van der Waals surface area (Å²) in [6.45, 7) is 2.34. The van der Waals surface area contributed by atoms with Gasteiger partial charge < -0.3 is 20.3 Å². The van der Waals surface area contributed by atoms with Crippen LogP contribution in [-0.2, 0) is 11.3 Å². The van der Waals surface area contributed by atoms with Crippen molar-refractivity contribution in [2.75, 3.05) is 13.7 Å². The van der Waals surface area contributed by atoms with Gasteiger partial charge in [-0.25, -0.2) is 9.07 Å². The van der Waals surface area contributed by atoms with Crippen molar-refractivity contribution in [1.29, 1.82) is 0 Å². The highest BCUT2D eigenvalue weighted by atomic mass is 19.1. The highest BCUT2D eigenvalue weighted by molar-refractivity contribution is 5.98. The fourth-order valence-electron chi connectivity index (χ4n) is 3.41. The number of aromatic nitrogens is 2. The van der Waals surface area contributed by atoms with Crippen LogP contribution in [-0.4, -0.2) is 45.5 Å². The van der Waals surface area contributed by atoms with Gasteiger partial charge in [-0.05, 0) is 17.7 Å². The van der Waals surface area contributed by atoms with Gasteiger partial charge in [0.05, 0.1) is 13.7 Å². The van der Waals surface area contributed by atoms with Gasteiger partial charge in [0.25, 0.3) is 11.5 Å². The van der Waals surface area contributed by atoms with Crippen LogP contribution in [0.4, 0.5) is 4.39 Å². The Morgan fingerprint density at radius 2 is 1.91 bits per heavy atom. The lowest BCUT2D eigenvalue weighted by Crippen LogP contribution is -2.37. The zero-order valence-corrected chi connectivity index (χ0v) is 18.8. The van der Waals surface area contributed by atoms with Crippen molar-refractivity contribution >= 4 is 11.9 Å². The molecule has 3 N–H and O–H groups in total. The maximum absolute atomic E-state index is 15.0. The summed E-state index contributed by atoms with van der Waals surface area (Å²) < 4.78 is 21.2. The van der Waals surface area contributed by atoms with Crippen molar-refractivity contribution in [2.45, 2.75) is 26.3 Å². The lowest BCUT2D eigenvalue weighted by atomic mass is 10.0. The van der Waals surface area contributed by atoms with Crippen molar-refractivity contribution in [2.24, 2.45) is 0 Å². The fourth-order valence-corrected chi connectivity index (χ4v) is 3.41. The average molecular weight is 469 g/mol. The molecule has 0 aliphatic rings. The van der Waals surface area contributed by atoms with E-state index in [2.05, 4.69) is 10.4 Å². The molecule has 0 atom stereocenters. The predicted octanol–water partition coefficient (Wildman–Crippen LogP) is 2.75. The number of nitrogens with zero attached hydrogens (tertiary/aromatic N) is 2. The molecule has 3 aromatic rings. The van der Waals surface area contributed by atoms with Crippen molar-refractivity contribution in [3.63, 3.8) is 0 Å². The number of nitrogens with one attached hydrogen (secondary N) is 1. The van der Waals surface area contributed by atoms with E-state index in [0.717, 1.165) is 4.68 Å². The van der Waals surface area contributed by atoms with Crippen LogP contribution >= 0.6 is 0 Å². The van der Waals surface area contributed by atoms with Crippen LogP contribution < -0.4 is 15.6 Å². The standard InChI is InChI=1S/C24H24FN3O6/c1-13(2)21-22(31)20(23(32)26-11-19(29)30)24(33)28(27-21)12-15-9-8-14(10-17(15)25)16-6-4-5-7-18(16)34-3/h4-10,13,31H,11-12H2,1-3H3,(H,26,32)(H,29,30). The number of benzene rings is 2. The van der Waals surface area contributed by atoms with Crippen LogP contribution in [0.5, 0.6) is 11.5 Å². The number of aliphatic carboxylic acids is 1. The van der Waals surface area contributed by atoms with E-state index in [1.165, 1.54) is 19.2 Å². The molecule has 2 aromatic carbocycles. The third kappa shape index (κ3) is 5.06. The van der Waals surface area contributed by atoms with Crippen molar-refractivity contribution in [1.82, 2.24) is 15.1 Å². The molecule has 0 fully saturated rings. The van der Waals surface area contributed by atoms with E-state index in [0.29, 0.717) is 16.9 Å². The number of carboxylic acid groups (broad SMARTS) is 1. The minimum absolute atomic E-state index is 0.0473. The minimum atomic E-state index is -1.32. The van der Waals surface area contributed by atoms with E-state index < -0.39 is 41.1 Å². The molecule has 3 rings (SSSR count). The van der Waals surface area contributed by atoms with Crippen LogP contribution in [0.2, 0.25) is 0 Å². The average Bonchev–Trinajstić information content (AvgIpc) is 2.80. The molecule has 34 heavy (non-hydrogen) atoms. The molecule has 10 heteroatoms. The molecule has 0 spiro atoms. The largest absolute Gasteiger partial charge is 0.505 e. The molecule has 9 nitrogen and oxygen atoms in total. The van der Waals surface area contributed by atoms with Crippen molar-refractivity contribution in [3.8, 4) is 22.6 Å². The van der Waals surface area contributed by atoms with Crippen molar-refractivity contribution < 1.29 is 28.9 Å². The summed E-state index contributed by atoms with van der Waals surface area (Å²) in [7, 11) is 1.52. The summed E-state index contributed by atoms with van der Waals surface area (Å²) in [5, 5.41) is 25.4. The van der Waals surface area contributed by atoms with E-state index in [-0.39, 0.29) is 23.7 Å². The molecule has 1 amide bonds. The first-order valence-electron chi connectivity index (χ1n) is 10.4. The van der Waals surface area contributed by atoms with E-state index in [9.17, 15) is 19.5 Å². The second-order valence-electron chi connectivity index (χ2n) is 7.81. The molecule has 0 aliphatic carbocycles. The van der Waals surface area contributed by atoms with Crippen LogP contribution in [0.3, 0.4) is 0 Å². The number of aromatic hydroxyl groups is 1. The lowest BCUT2D eigenvalue weighted by molar-refractivity contribution is -0.135. The maximum atomic E-state index is 15.0. The smallest absolute Gasteiger partial charge is 0.322 e. The highest BCUT2D eigenvalue weighted by Crippen LogP contribution is 2.31. The zero-order valence-electron chi connectivity index (χ0n) is 18.8. The minimum Gasteiger partial charge on any atom is -0.505 e. The molecule has 0 bridgehead atoms. The number of hydrogen-bond acceptors (Lipinski definition) is 6. The summed E-state index contributed by atoms with van der Waals surface area (Å²) in [4.78, 5) is 36.1. The summed E-state index contributed by atoms with van der Waals surface area (Å²) in [5.41, 5.74) is -0.183. The Balaban J connectivity index is 2.03. The van der Waals surface area contributed by atoms with Crippen LogP contribution in [0.15, 0.2) is 47.3 Å². The summed E-state index contributed by atoms with van der Waals surface area (Å²) in [6, 6.07) is 11.6. The van der Waals surface area contributed by atoms with Gasteiger partial charge >= 0.3 is 5.97 Å². The van der Waals surface area contributed by atoms with Gasteiger partial charge in [-0.3, -0.25) is 14.4 Å². The summed E-state index contributed by atoms with van der Waals surface area (Å²) in [6.07, 6.45) is 0. The molecule has 1 heterocycles. The third-order valence-corrected chi connectivity index (χ3v) is 5.12. The number of carbonyl (C=O) groups excluding carboxylic acids is 1. The van der Waals surface area contributed by atoms with E-state index in [4.69, 9.17) is 9.84 Å². The highest BCUT2D eigenvalue weighted by Gasteiger charge is 2.25. The second kappa shape index (κ2) is 10.2. The number of carbonyl (C=O) groups is 2. The topological polar surface area (TPSA) is 131 Å². The molecule has 0 unspecified atom stereocenters. The predicted molar refractivity (Wildman–Crippen MR) is 122 cm³/mol. The Bertz CT molecular complexity index is 1300. The first kappa shape index (κ1) is 24.4. The van der Waals surface area contributed by atoms with Crippen LogP contribution in [0, 0.1) is 5.82 Å². The van der Waals surface area contributed by atoms with Gasteiger partial charge in [-0.1, -0.05) is 44.2 Å². The van der Waals surface area contributed by atoms with Gasteiger partial charge in [0, 0.05) is 17.0 Å². The number of carboxylic acids is 1. The van der Waals surface area contributed by atoms with Gasteiger partial charge in [0.1, 0.15) is 29.4 Å². The number of amides is 1. The number of hydrogen-bond donors (Lipinski definition) is 3. The summed E-state index contributed by atoms with van der Waals surface area (Å²) >= 11 is 0. The lowest BCUT2D eigenvalue weighted by Gasteiger charge is -2.15. The molecule has 1 aromatic heterocycles. The van der Waals surface area contributed by atoms with E-state index in [1.807, 2.05) is 0 Å². The number of ether oxygens (including phenoxy) is 1. The quantitative estimate of drug-likeness (QED) is 0.462. The van der Waals surface area contributed by atoms with E-state index >= 15 is 4.39 Å². The molecule has 0 aliphatic heterocycles. The first-order chi connectivity index (χ1) is 16.1. The number of rotatable bonds is 8. The SMILES string of the molecule is COc1ccccc1-c1ccc(Cn2nc(C(C)C)c(O)c(C(=O)NCC(=O)O)c2=O)c(F)c1. The van der Waals surface area contributed by atoms with Gasteiger partial charge in [-0.15, -0.1) is 0 Å². The monoisotopic (exact) mass is 469 g/mol. The van der Waals surface area contributed by atoms with E-state index in [1.54, 1.807) is 44.2 Å². The second-order valence-corrected chi connectivity index (χ2v) is 7.81. The Labute approximate surface area is 194 Å². The van der Waals surface area contributed by atoms with Gasteiger partial charge in [-0.2, -0.15) is 5.10 Å². The van der Waals surface area contributed by atoms with Gasteiger partial charge in [0.2, 0.25) is 0 Å². The zero-order chi connectivity index (χ0) is 25.0. The molecular weight excluding hydrogens is 445 g/mol.